The van der Waals surface area contributed by atoms with E-state index in [4.69, 9.17) is 4.52 Å². The van der Waals surface area contributed by atoms with Gasteiger partial charge in [-0.15, -0.1) is 0 Å². The molecule has 26 heavy (non-hydrogen) atoms. The molecule has 0 unspecified atom stereocenters. The first-order valence-electron chi connectivity index (χ1n) is 7.96. The zero-order chi connectivity index (χ0) is 18.1. The van der Waals surface area contributed by atoms with Gasteiger partial charge in [0.05, 0.1) is 5.69 Å². The molecule has 0 amide bonds. The van der Waals surface area contributed by atoms with Crippen molar-refractivity contribution in [2.75, 3.05) is 0 Å². The lowest BCUT2D eigenvalue weighted by molar-refractivity contribution is 0.432. The number of rotatable bonds is 3. The van der Waals surface area contributed by atoms with Gasteiger partial charge >= 0.3 is 0 Å². The van der Waals surface area contributed by atoms with Crippen molar-refractivity contribution in [2.24, 2.45) is 0 Å². The van der Waals surface area contributed by atoms with Crippen LogP contribution in [0.3, 0.4) is 0 Å². The van der Waals surface area contributed by atoms with Gasteiger partial charge in [0.15, 0.2) is 5.82 Å². The summed E-state index contributed by atoms with van der Waals surface area (Å²) in [5.74, 6) is 0.260. The van der Waals surface area contributed by atoms with E-state index < -0.39 is 0 Å². The Hall–Kier alpha value is -3.48. The second kappa shape index (κ2) is 6.44. The highest BCUT2D eigenvalue weighted by atomic mass is 19.1. The van der Waals surface area contributed by atoms with Crippen LogP contribution in [0.25, 0.3) is 34.1 Å². The second-order valence-corrected chi connectivity index (χ2v) is 5.80. The standard InChI is InChI=1S/C19H14FN5O/c1-11-3-6-22-10-15(11)14-9-16(23-12(2)17(14)20)18-24-19(26-25-18)13-4-7-21-8-5-13/h3-10H,1-2H3. The molecule has 4 aromatic rings. The maximum atomic E-state index is 14.7. The van der Waals surface area contributed by atoms with Gasteiger partial charge in [-0.05, 0) is 43.7 Å². The van der Waals surface area contributed by atoms with Gasteiger partial charge in [0, 0.05) is 41.5 Å². The van der Waals surface area contributed by atoms with E-state index in [0.29, 0.717) is 28.5 Å². The predicted octanol–water partition coefficient (Wildman–Crippen LogP) is 4.01. The molecule has 0 aliphatic heterocycles. The first kappa shape index (κ1) is 16.0. The van der Waals surface area contributed by atoms with Crippen molar-refractivity contribution >= 4 is 0 Å². The average Bonchev–Trinajstić information content (AvgIpc) is 3.15. The van der Waals surface area contributed by atoms with Crippen LogP contribution in [0.1, 0.15) is 11.3 Å². The molecule has 0 N–H and O–H groups in total. The summed E-state index contributed by atoms with van der Waals surface area (Å²) in [6.07, 6.45) is 6.59. The minimum absolute atomic E-state index is 0.260. The molecule has 6 nitrogen and oxygen atoms in total. The summed E-state index contributed by atoms with van der Waals surface area (Å²) in [7, 11) is 0. The summed E-state index contributed by atoms with van der Waals surface area (Å²) in [5.41, 5.74) is 3.48. The largest absolute Gasteiger partial charge is 0.334 e. The molecule has 0 saturated heterocycles. The molecular weight excluding hydrogens is 333 g/mol. The van der Waals surface area contributed by atoms with Crippen LogP contribution < -0.4 is 0 Å². The minimum atomic E-state index is -0.386. The third kappa shape index (κ3) is 2.83. The first-order valence-corrected chi connectivity index (χ1v) is 7.96. The topological polar surface area (TPSA) is 77.6 Å². The van der Waals surface area contributed by atoms with Gasteiger partial charge in [0.2, 0.25) is 5.82 Å². The number of aryl methyl sites for hydroxylation is 2. The zero-order valence-corrected chi connectivity index (χ0v) is 14.1. The van der Waals surface area contributed by atoms with E-state index >= 15 is 0 Å². The number of hydrogen-bond donors (Lipinski definition) is 0. The van der Waals surface area contributed by atoms with Crippen molar-refractivity contribution in [1.29, 1.82) is 0 Å². The molecule has 0 aromatic carbocycles. The summed E-state index contributed by atoms with van der Waals surface area (Å²) in [6, 6.07) is 6.99. The van der Waals surface area contributed by atoms with Crippen molar-refractivity contribution in [1.82, 2.24) is 25.1 Å². The van der Waals surface area contributed by atoms with Crippen LogP contribution in [-0.2, 0) is 0 Å². The zero-order valence-electron chi connectivity index (χ0n) is 14.1. The van der Waals surface area contributed by atoms with E-state index in [1.54, 1.807) is 49.9 Å². The third-order valence-electron chi connectivity index (χ3n) is 4.03. The number of aromatic nitrogens is 5. The molecule has 0 aliphatic carbocycles. The van der Waals surface area contributed by atoms with Crippen LogP contribution in [0, 0.1) is 19.7 Å². The summed E-state index contributed by atoms with van der Waals surface area (Å²) < 4.78 is 20.0. The summed E-state index contributed by atoms with van der Waals surface area (Å²) in [4.78, 5) is 16.7. The number of hydrogen-bond acceptors (Lipinski definition) is 6. The fourth-order valence-corrected chi connectivity index (χ4v) is 2.65. The fraction of sp³-hybridized carbons (Fsp3) is 0.105. The van der Waals surface area contributed by atoms with Crippen LogP contribution in [0.15, 0.2) is 53.6 Å². The highest BCUT2D eigenvalue weighted by molar-refractivity contribution is 5.71. The maximum absolute atomic E-state index is 14.7. The Morgan fingerprint density at radius 1 is 0.923 bits per heavy atom. The summed E-state index contributed by atoms with van der Waals surface area (Å²) in [6.45, 7) is 3.51. The molecule has 0 saturated carbocycles. The molecule has 4 heterocycles. The van der Waals surface area contributed by atoms with Crippen LogP contribution in [0.2, 0.25) is 0 Å². The minimum Gasteiger partial charge on any atom is -0.334 e. The molecule has 0 fully saturated rings. The maximum Gasteiger partial charge on any atom is 0.258 e. The molecule has 7 heteroatoms. The smallest absolute Gasteiger partial charge is 0.258 e. The van der Waals surface area contributed by atoms with Gasteiger partial charge in [-0.1, -0.05) is 5.16 Å². The van der Waals surface area contributed by atoms with Crippen molar-refractivity contribution in [3.05, 3.63) is 66.1 Å². The molecule has 0 bridgehead atoms. The fourth-order valence-electron chi connectivity index (χ4n) is 2.65. The molecule has 0 aliphatic rings. The molecule has 128 valence electrons. The van der Waals surface area contributed by atoms with E-state index in [1.165, 1.54) is 0 Å². The Morgan fingerprint density at radius 3 is 2.46 bits per heavy atom. The van der Waals surface area contributed by atoms with Crippen LogP contribution >= 0.6 is 0 Å². The lowest BCUT2D eigenvalue weighted by atomic mass is 10.0. The molecule has 0 atom stereocenters. The molecule has 0 radical (unpaired) electrons. The van der Waals surface area contributed by atoms with Gasteiger partial charge in [-0.3, -0.25) is 9.97 Å². The monoisotopic (exact) mass is 347 g/mol. The Morgan fingerprint density at radius 2 is 1.69 bits per heavy atom. The highest BCUT2D eigenvalue weighted by Gasteiger charge is 2.18. The predicted molar refractivity (Wildman–Crippen MR) is 93.4 cm³/mol. The lowest BCUT2D eigenvalue weighted by Gasteiger charge is -2.09. The summed E-state index contributed by atoms with van der Waals surface area (Å²) >= 11 is 0. The molecular formula is C19H14FN5O. The summed E-state index contributed by atoms with van der Waals surface area (Å²) in [5, 5.41) is 3.98. The molecule has 4 rings (SSSR count). The van der Waals surface area contributed by atoms with Crippen LogP contribution in [0.4, 0.5) is 4.39 Å². The normalized spacial score (nSPS) is 10.9. The van der Waals surface area contributed by atoms with E-state index in [9.17, 15) is 4.39 Å². The van der Waals surface area contributed by atoms with Crippen molar-refractivity contribution in [3.63, 3.8) is 0 Å². The Bertz CT molecular complexity index is 1080. The van der Waals surface area contributed by atoms with Gasteiger partial charge in [-0.2, -0.15) is 4.98 Å². The van der Waals surface area contributed by atoms with E-state index in [0.717, 1.165) is 11.1 Å². The SMILES string of the molecule is Cc1ccncc1-c1cc(-c2noc(-c3ccncc3)n2)nc(C)c1F. The Balaban J connectivity index is 1.82. The van der Waals surface area contributed by atoms with Crippen LogP contribution in [-0.4, -0.2) is 25.1 Å². The Kier molecular flexibility index (Phi) is 3.96. The first-order chi connectivity index (χ1) is 12.6. The molecule has 0 spiro atoms. The number of pyridine rings is 3. The van der Waals surface area contributed by atoms with Crippen molar-refractivity contribution in [3.8, 4) is 34.1 Å². The van der Waals surface area contributed by atoms with Gasteiger partial charge in [0.1, 0.15) is 5.69 Å². The number of halogens is 1. The highest BCUT2D eigenvalue weighted by Crippen LogP contribution is 2.30. The Labute approximate surface area is 148 Å². The van der Waals surface area contributed by atoms with Crippen LogP contribution in [0.5, 0.6) is 0 Å². The lowest BCUT2D eigenvalue weighted by Crippen LogP contribution is -1.98. The third-order valence-corrected chi connectivity index (χ3v) is 4.03. The quantitative estimate of drug-likeness (QED) is 0.557. The van der Waals surface area contributed by atoms with E-state index in [-0.39, 0.29) is 11.5 Å². The van der Waals surface area contributed by atoms with Gasteiger partial charge in [-0.25, -0.2) is 9.37 Å². The van der Waals surface area contributed by atoms with Gasteiger partial charge in [0.25, 0.3) is 5.89 Å². The van der Waals surface area contributed by atoms with E-state index in [1.807, 2.05) is 13.0 Å². The van der Waals surface area contributed by atoms with Crippen molar-refractivity contribution < 1.29 is 8.91 Å². The van der Waals surface area contributed by atoms with Crippen molar-refractivity contribution in [2.45, 2.75) is 13.8 Å². The molecule has 4 aromatic heterocycles. The van der Waals surface area contributed by atoms with Gasteiger partial charge < -0.3 is 4.52 Å². The van der Waals surface area contributed by atoms with E-state index in [2.05, 4.69) is 25.1 Å². The number of nitrogens with zero attached hydrogens (tertiary/aromatic N) is 5. The second-order valence-electron chi connectivity index (χ2n) is 5.80. The average molecular weight is 347 g/mol.